The number of hydrogen-bond donors (Lipinski definition) is 1. The largest absolute Gasteiger partial charge is 0.507 e. The van der Waals surface area contributed by atoms with Crippen LogP contribution in [0.25, 0.3) is 5.76 Å². The number of aliphatic hydroxyl groups excluding tert-OH is 1. The monoisotopic (exact) mass is 498 g/mol. The quantitative estimate of drug-likeness (QED) is 0.371. The number of morpholine rings is 1. The topological polar surface area (TPSA) is 70.1 Å². The number of aliphatic hydroxyl groups is 1. The number of amides is 1. The average Bonchev–Trinajstić information content (AvgIpc) is 3.05. The number of rotatable bonds is 6. The average molecular weight is 499 g/mol. The molecule has 2 aliphatic heterocycles. The number of aryl methyl sites for hydroxylation is 1. The number of carbonyl (C=O) groups is 2. The third-order valence-electron chi connectivity index (χ3n) is 6.01. The Morgan fingerprint density at radius 3 is 2.50 bits per heavy atom. The van der Waals surface area contributed by atoms with Gasteiger partial charge in [0.2, 0.25) is 0 Å². The highest BCUT2D eigenvalue weighted by Crippen LogP contribution is 2.40. The number of benzene rings is 2. The molecule has 6 nitrogen and oxygen atoms in total. The fourth-order valence-electron chi connectivity index (χ4n) is 4.29. The Balaban J connectivity index is 1.67. The molecule has 7 heteroatoms. The predicted molar refractivity (Wildman–Crippen MR) is 126 cm³/mol. The molecule has 2 aromatic rings. The van der Waals surface area contributed by atoms with E-state index in [2.05, 4.69) is 20.8 Å². The van der Waals surface area contributed by atoms with Crippen molar-refractivity contribution in [1.82, 2.24) is 9.80 Å². The SMILES string of the molecule is Cc1ccc(/C(O)=C2\C(=O)C(=O)N(CCCN3CCOCC3)[C@@H]2c2cccc(Br)c2)cc1. The van der Waals surface area contributed by atoms with Gasteiger partial charge in [-0.2, -0.15) is 0 Å². The molecule has 0 aromatic heterocycles. The van der Waals surface area contributed by atoms with Gasteiger partial charge in [0, 0.05) is 36.2 Å². The van der Waals surface area contributed by atoms with Gasteiger partial charge in [-0.3, -0.25) is 14.5 Å². The molecule has 0 aliphatic carbocycles. The second kappa shape index (κ2) is 9.98. The molecule has 168 valence electrons. The van der Waals surface area contributed by atoms with Gasteiger partial charge in [-0.1, -0.05) is 57.9 Å². The van der Waals surface area contributed by atoms with Gasteiger partial charge in [0.1, 0.15) is 5.76 Å². The Bertz CT molecular complexity index is 1030. The van der Waals surface area contributed by atoms with Gasteiger partial charge in [0.25, 0.3) is 11.7 Å². The first-order chi connectivity index (χ1) is 15.5. The molecule has 2 aromatic carbocycles. The van der Waals surface area contributed by atoms with Crippen LogP contribution in [0.2, 0.25) is 0 Å². The molecule has 0 bridgehead atoms. The lowest BCUT2D eigenvalue weighted by Crippen LogP contribution is -2.38. The van der Waals surface area contributed by atoms with Crippen molar-refractivity contribution in [3.63, 3.8) is 0 Å². The van der Waals surface area contributed by atoms with Crippen molar-refractivity contribution in [2.75, 3.05) is 39.4 Å². The van der Waals surface area contributed by atoms with Crippen LogP contribution in [0.4, 0.5) is 0 Å². The van der Waals surface area contributed by atoms with Gasteiger partial charge in [-0.15, -0.1) is 0 Å². The normalized spacial score (nSPS) is 21.3. The van der Waals surface area contributed by atoms with E-state index in [0.717, 1.165) is 54.9 Å². The lowest BCUT2D eigenvalue weighted by molar-refractivity contribution is -0.140. The molecular weight excluding hydrogens is 472 g/mol. The van der Waals surface area contributed by atoms with Crippen LogP contribution in [0.3, 0.4) is 0 Å². The summed E-state index contributed by atoms with van der Waals surface area (Å²) in [6.45, 7) is 6.42. The van der Waals surface area contributed by atoms with Crippen molar-refractivity contribution in [3.05, 3.63) is 75.3 Å². The minimum atomic E-state index is -0.639. The van der Waals surface area contributed by atoms with E-state index in [1.807, 2.05) is 43.3 Å². The maximum absolute atomic E-state index is 13.1. The standard InChI is InChI=1S/C25H27BrN2O4/c1-17-6-8-18(9-7-17)23(29)21-22(19-4-2-5-20(26)16-19)28(25(31)24(21)30)11-3-10-27-12-14-32-15-13-27/h2,4-9,16,22,29H,3,10-15H2,1H3/b23-21+/t22-/m1/s1. The number of carbonyl (C=O) groups excluding carboxylic acids is 2. The summed E-state index contributed by atoms with van der Waals surface area (Å²) < 4.78 is 6.25. The summed E-state index contributed by atoms with van der Waals surface area (Å²) in [5.74, 6) is -1.34. The van der Waals surface area contributed by atoms with Crippen molar-refractivity contribution in [2.45, 2.75) is 19.4 Å². The summed E-state index contributed by atoms with van der Waals surface area (Å²) in [5.41, 5.74) is 2.51. The van der Waals surface area contributed by atoms with E-state index >= 15 is 0 Å². The second-order valence-corrected chi connectivity index (χ2v) is 9.14. The summed E-state index contributed by atoms with van der Waals surface area (Å²) in [5, 5.41) is 11.1. The molecule has 0 saturated carbocycles. The third-order valence-corrected chi connectivity index (χ3v) is 6.50. The van der Waals surface area contributed by atoms with Crippen LogP contribution >= 0.6 is 15.9 Å². The first kappa shape index (κ1) is 22.7. The molecule has 2 aliphatic rings. The number of ketones is 1. The van der Waals surface area contributed by atoms with Gasteiger partial charge in [0.15, 0.2) is 0 Å². The van der Waals surface area contributed by atoms with Crippen molar-refractivity contribution < 1.29 is 19.4 Å². The van der Waals surface area contributed by atoms with Crippen LogP contribution in [0.1, 0.15) is 29.2 Å². The molecule has 1 N–H and O–H groups in total. The van der Waals surface area contributed by atoms with Crippen molar-refractivity contribution in [2.24, 2.45) is 0 Å². The van der Waals surface area contributed by atoms with E-state index in [-0.39, 0.29) is 11.3 Å². The summed E-state index contributed by atoms with van der Waals surface area (Å²) in [6.07, 6.45) is 0.738. The number of nitrogens with zero attached hydrogens (tertiary/aromatic N) is 2. The molecule has 0 radical (unpaired) electrons. The molecule has 1 atom stereocenters. The summed E-state index contributed by atoms with van der Waals surface area (Å²) >= 11 is 3.49. The van der Waals surface area contributed by atoms with Crippen molar-refractivity contribution in [1.29, 1.82) is 0 Å². The summed E-state index contributed by atoms with van der Waals surface area (Å²) in [6, 6.07) is 14.2. The lowest BCUT2D eigenvalue weighted by atomic mass is 9.95. The van der Waals surface area contributed by atoms with Gasteiger partial charge in [0.05, 0.1) is 24.8 Å². The minimum absolute atomic E-state index is 0.135. The van der Waals surface area contributed by atoms with Crippen LogP contribution in [0.15, 0.2) is 58.6 Å². The van der Waals surface area contributed by atoms with E-state index in [1.54, 1.807) is 17.0 Å². The van der Waals surface area contributed by atoms with Crippen LogP contribution in [-0.2, 0) is 14.3 Å². The zero-order chi connectivity index (χ0) is 22.7. The van der Waals surface area contributed by atoms with E-state index in [1.165, 1.54) is 0 Å². The van der Waals surface area contributed by atoms with E-state index in [4.69, 9.17) is 4.74 Å². The van der Waals surface area contributed by atoms with Crippen LogP contribution in [0, 0.1) is 6.92 Å². The second-order valence-electron chi connectivity index (χ2n) is 8.22. The van der Waals surface area contributed by atoms with Gasteiger partial charge >= 0.3 is 0 Å². The highest BCUT2D eigenvalue weighted by Gasteiger charge is 2.45. The van der Waals surface area contributed by atoms with Gasteiger partial charge < -0.3 is 14.7 Å². The maximum atomic E-state index is 13.1. The van der Waals surface area contributed by atoms with Gasteiger partial charge in [-0.25, -0.2) is 0 Å². The number of hydrogen-bond acceptors (Lipinski definition) is 5. The fourth-order valence-corrected chi connectivity index (χ4v) is 4.71. The number of halogens is 1. The van der Waals surface area contributed by atoms with E-state index < -0.39 is 17.7 Å². The molecule has 32 heavy (non-hydrogen) atoms. The zero-order valence-electron chi connectivity index (χ0n) is 18.1. The van der Waals surface area contributed by atoms with Crippen LogP contribution in [0.5, 0.6) is 0 Å². The Morgan fingerprint density at radius 1 is 1.09 bits per heavy atom. The summed E-state index contributed by atoms with van der Waals surface area (Å²) in [4.78, 5) is 30.0. The van der Waals surface area contributed by atoms with Gasteiger partial charge in [-0.05, 0) is 31.0 Å². The van der Waals surface area contributed by atoms with Crippen LogP contribution in [-0.4, -0.2) is 66.0 Å². The molecule has 0 unspecified atom stereocenters. The molecule has 0 spiro atoms. The Labute approximate surface area is 196 Å². The van der Waals surface area contributed by atoms with E-state index in [9.17, 15) is 14.7 Å². The summed E-state index contributed by atoms with van der Waals surface area (Å²) in [7, 11) is 0. The van der Waals surface area contributed by atoms with Crippen molar-refractivity contribution >= 4 is 33.4 Å². The molecule has 2 fully saturated rings. The molecule has 2 saturated heterocycles. The fraction of sp³-hybridized carbons (Fsp3) is 0.360. The zero-order valence-corrected chi connectivity index (χ0v) is 19.7. The van der Waals surface area contributed by atoms with Crippen molar-refractivity contribution in [3.8, 4) is 0 Å². The number of ether oxygens (including phenoxy) is 1. The van der Waals surface area contributed by atoms with E-state index in [0.29, 0.717) is 12.1 Å². The molecule has 1 amide bonds. The van der Waals surface area contributed by atoms with Crippen LogP contribution < -0.4 is 0 Å². The molecular formula is C25H27BrN2O4. The highest BCUT2D eigenvalue weighted by atomic mass is 79.9. The first-order valence-electron chi connectivity index (χ1n) is 10.9. The number of likely N-dealkylation sites (tertiary alicyclic amines) is 1. The first-order valence-corrected chi connectivity index (χ1v) is 11.7. The predicted octanol–water partition coefficient (Wildman–Crippen LogP) is 3.90. The maximum Gasteiger partial charge on any atom is 0.295 e. The minimum Gasteiger partial charge on any atom is -0.507 e. The Morgan fingerprint density at radius 2 is 1.81 bits per heavy atom. The molecule has 2 heterocycles. The highest BCUT2D eigenvalue weighted by molar-refractivity contribution is 9.10. The Kier molecular flexibility index (Phi) is 7.08. The smallest absolute Gasteiger partial charge is 0.295 e. The third kappa shape index (κ3) is 4.80. The lowest BCUT2D eigenvalue weighted by Gasteiger charge is -2.29. The Hall–Kier alpha value is -2.48. The number of Topliss-reactive ketones (excluding diaryl/α,β-unsaturated/α-hetero) is 1. The molecule has 4 rings (SSSR count).